The number of amides is 1. The van der Waals surface area contributed by atoms with Crippen LogP contribution in [0.4, 0.5) is 0 Å². The van der Waals surface area contributed by atoms with Gasteiger partial charge in [-0.25, -0.2) is 4.98 Å². The molecule has 0 unspecified atom stereocenters. The third-order valence-corrected chi connectivity index (χ3v) is 4.71. The number of aromatic amines is 1. The van der Waals surface area contributed by atoms with Crippen LogP contribution in [0.3, 0.4) is 0 Å². The molecule has 2 N–H and O–H groups in total. The molecule has 2 heterocycles. The quantitative estimate of drug-likeness (QED) is 0.836. The summed E-state index contributed by atoms with van der Waals surface area (Å²) in [6.45, 7) is 3.83. The third kappa shape index (κ3) is 3.58. The second-order valence-electron chi connectivity index (χ2n) is 5.37. The highest BCUT2D eigenvalue weighted by Gasteiger charge is 2.22. The second-order valence-corrected chi connectivity index (χ2v) is 6.37. The first kappa shape index (κ1) is 17.1. The molecular weight excluding hydrogens is 318 g/mol. The Kier molecular flexibility index (Phi) is 5.15. The van der Waals surface area contributed by atoms with Crippen molar-refractivity contribution in [3.8, 4) is 0 Å². The van der Waals surface area contributed by atoms with Crippen LogP contribution >= 0.6 is 11.3 Å². The van der Waals surface area contributed by atoms with E-state index in [9.17, 15) is 14.4 Å². The van der Waals surface area contributed by atoms with Gasteiger partial charge in [-0.3, -0.25) is 14.4 Å². The summed E-state index contributed by atoms with van der Waals surface area (Å²) in [4.78, 5) is 44.8. The molecule has 0 saturated heterocycles. The van der Waals surface area contributed by atoms with Crippen molar-refractivity contribution in [2.75, 3.05) is 13.6 Å². The van der Waals surface area contributed by atoms with Crippen LogP contribution in [0.15, 0.2) is 4.79 Å². The number of H-pyrrole nitrogens is 1. The number of carboxylic acid groups (broad SMARTS) is 1. The molecule has 0 spiro atoms. The number of aryl methyl sites for hydroxylation is 2. The van der Waals surface area contributed by atoms with Crippen LogP contribution in [0.2, 0.25) is 0 Å². The first-order chi connectivity index (χ1) is 10.8. The maximum absolute atomic E-state index is 12.5. The minimum Gasteiger partial charge on any atom is -0.481 e. The Morgan fingerprint density at radius 2 is 2.09 bits per heavy atom. The van der Waals surface area contributed by atoms with Crippen molar-refractivity contribution >= 4 is 33.4 Å². The Bertz CT molecular complexity index is 809. The summed E-state index contributed by atoms with van der Waals surface area (Å²) >= 11 is 1.18. The number of fused-ring (bicyclic) bond motifs is 1. The van der Waals surface area contributed by atoms with Crippen molar-refractivity contribution in [2.45, 2.75) is 33.1 Å². The smallest absolute Gasteiger partial charge is 0.305 e. The fourth-order valence-electron chi connectivity index (χ4n) is 2.29. The first-order valence-electron chi connectivity index (χ1n) is 7.34. The summed E-state index contributed by atoms with van der Waals surface area (Å²) in [5.41, 5.74) is 0.355. The fraction of sp³-hybridized carbons (Fsp3) is 0.467. The van der Waals surface area contributed by atoms with Gasteiger partial charge in [0.1, 0.15) is 10.7 Å². The first-order valence-corrected chi connectivity index (χ1v) is 8.16. The predicted molar refractivity (Wildman–Crippen MR) is 88.2 cm³/mol. The Morgan fingerprint density at radius 3 is 2.70 bits per heavy atom. The van der Waals surface area contributed by atoms with Crippen LogP contribution in [0.25, 0.3) is 10.2 Å². The zero-order chi connectivity index (χ0) is 17.1. The number of nitrogens with one attached hydrogen (secondary N) is 1. The molecular formula is C15H19N3O4S. The van der Waals surface area contributed by atoms with E-state index >= 15 is 0 Å². The molecule has 124 valence electrons. The van der Waals surface area contributed by atoms with Gasteiger partial charge in [0.25, 0.3) is 11.5 Å². The van der Waals surface area contributed by atoms with Crippen LogP contribution in [0.1, 0.15) is 40.8 Å². The van der Waals surface area contributed by atoms with Gasteiger partial charge in [-0.15, -0.1) is 11.3 Å². The van der Waals surface area contributed by atoms with Gasteiger partial charge in [0, 0.05) is 20.0 Å². The Morgan fingerprint density at radius 1 is 1.39 bits per heavy atom. The molecule has 1 amide bonds. The number of thiophene rings is 1. The lowest BCUT2D eigenvalue weighted by Crippen LogP contribution is -2.28. The number of carbonyl (C=O) groups excluding carboxylic acids is 1. The van der Waals surface area contributed by atoms with Crippen molar-refractivity contribution in [3.63, 3.8) is 0 Å². The van der Waals surface area contributed by atoms with E-state index in [2.05, 4.69) is 9.97 Å². The van der Waals surface area contributed by atoms with E-state index in [1.165, 1.54) is 16.2 Å². The number of nitrogens with zero attached hydrogens (tertiary/aromatic N) is 2. The SMILES string of the molecule is CCCc1nc2sc(C(=O)N(C)CCC(=O)O)c(C)c2c(=O)[nH]1. The highest BCUT2D eigenvalue weighted by molar-refractivity contribution is 7.20. The van der Waals surface area contributed by atoms with E-state index in [4.69, 9.17) is 5.11 Å². The summed E-state index contributed by atoms with van der Waals surface area (Å²) < 4.78 is 0. The number of carboxylic acids is 1. The second kappa shape index (κ2) is 6.91. The average molecular weight is 337 g/mol. The molecule has 0 fully saturated rings. The molecule has 0 aliphatic rings. The Balaban J connectivity index is 2.40. The van der Waals surface area contributed by atoms with Crippen LogP contribution in [-0.4, -0.2) is 45.4 Å². The van der Waals surface area contributed by atoms with E-state index in [-0.39, 0.29) is 24.4 Å². The number of hydrogen-bond acceptors (Lipinski definition) is 5. The van der Waals surface area contributed by atoms with Crippen molar-refractivity contribution in [1.29, 1.82) is 0 Å². The number of rotatable bonds is 6. The number of aromatic nitrogens is 2. The zero-order valence-corrected chi connectivity index (χ0v) is 14.1. The number of aliphatic carboxylic acids is 1. The maximum Gasteiger partial charge on any atom is 0.305 e. The van der Waals surface area contributed by atoms with Gasteiger partial charge < -0.3 is 15.0 Å². The van der Waals surface area contributed by atoms with Gasteiger partial charge in [-0.05, 0) is 18.9 Å². The van der Waals surface area contributed by atoms with Gasteiger partial charge in [-0.1, -0.05) is 6.92 Å². The molecule has 23 heavy (non-hydrogen) atoms. The van der Waals surface area contributed by atoms with Crippen LogP contribution in [0.5, 0.6) is 0 Å². The van der Waals surface area contributed by atoms with E-state index in [0.717, 1.165) is 6.42 Å². The minimum absolute atomic E-state index is 0.118. The van der Waals surface area contributed by atoms with E-state index in [0.29, 0.717) is 32.9 Å². The molecule has 0 aromatic carbocycles. The van der Waals surface area contributed by atoms with Crippen LogP contribution < -0.4 is 5.56 Å². The van der Waals surface area contributed by atoms with Gasteiger partial charge in [0.2, 0.25) is 0 Å². The molecule has 0 atom stereocenters. The fourth-order valence-corrected chi connectivity index (χ4v) is 3.48. The molecule has 0 aliphatic carbocycles. The Hall–Kier alpha value is -2.22. The van der Waals surface area contributed by atoms with Gasteiger partial charge >= 0.3 is 5.97 Å². The predicted octanol–water partition coefficient (Wildman–Crippen LogP) is 1.79. The van der Waals surface area contributed by atoms with Crippen molar-refractivity contribution in [1.82, 2.24) is 14.9 Å². The summed E-state index contributed by atoms with van der Waals surface area (Å²) in [7, 11) is 1.55. The average Bonchev–Trinajstić information content (AvgIpc) is 2.81. The lowest BCUT2D eigenvalue weighted by Gasteiger charge is -2.15. The van der Waals surface area contributed by atoms with Crippen LogP contribution in [-0.2, 0) is 11.2 Å². The monoisotopic (exact) mass is 337 g/mol. The summed E-state index contributed by atoms with van der Waals surface area (Å²) in [6.07, 6.45) is 1.41. The van der Waals surface area contributed by atoms with Gasteiger partial charge in [0.05, 0.1) is 16.7 Å². The standard InChI is InChI=1S/C15H19N3O4S/c1-4-5-9-16-13(21)11-8(2)12(23-14(11)17-9)15(22)18(3)7-6-10(19)20/h4-7H2,1-3H3,(H,19,20)(H,16,17,21). The Labute approximate surface area is 137 Å². The molecule has 0 aliphatic heterocycles. The van der Waals surface area contributed by atoms with E-state index in [1.54, 1.807) is 14.0 Å². The molecule has 0 radical (unpaired) electrons. The van der Waals surface area contributed by atoms with Gasteiger partial charge in [-0.2, -0.15) is 0 Å². The lowest BCUT2D eigenvalue weighted by atomic mass is 10.2. The highest BCUT2D eigenvalue weighted by Crippen LogP contribution is 2.28. The van der Waals surface area contributed by atoms with Crippen LogP contribution in [0, 0.1) is 6.92 Å². The van der Waals surface area contributed by atoms with E-state index < -0.39 is 5.97 Å². The molecule has 2 rings (SSSR count). The number of hydrogen-bond donors (Lipinski definition) is 2. The van der Waals surface area contributed by atoms with Crippen molar-refractivity contribution in [2.24, 2.45) is 0 Å². The maximum atomic E-state index is 12.5. The minimum atomic E-state index is -0.958. The largest absolute Gasteiger partial charge is 0.481 e. The molecule has 7 nitrogen and oxygen atoms in total. The topological polar surface area (TPSA) is 103 Å². The summed E-state index contributed by atoms with van der Waals surface area (Å²) in [5.74, 6) is -0.632. The summed E-state index contributed by atoms with van der Waals surface area (Å²) in [5, 5.41) is 9.15. The van der Waals surface area contributed by atoms with Gasteiger partial charge in [0.15, 0.2) is 0 Å². The lowest BCUT2D eigenvalue weighted by molar-refractivity contribution is -0.137. The molecule has 2 aromatic rings. The van der Waals surface area contributed by atoms with E-state index in [1.807, 2.05) is 6.92 Å². The normalized spacial score (nSPS) is 10.9. The zero-order valence-electron chi connectivity index (χ0n) is 13.3. The highest BCUT2D eigenvalue weighted by atomic mass is 32.1. The molecule has 0 saturated carbocycles. The number of carbonyl (C=O) groups is 2. The molecule has 2 aromatic heterocycles. The molecule has 8 heteroatoms. The van der Waals surface area contributed by atoms with Crippen molar-refractivity contribution < 1.29 is 14.7 Å². The summed E-state index contributed by atoms with van der Waals surface area (Å²) in [6, 6.07) is 0. The molecule has 0 bridgehead atoms. The van der Waals surface area contributed by atoms with Crippen molar-refractivity contribution in [3.05, 3.63) is 26.6 Å². The third-order valence-electron chi connectivity index (χ3n) is 3.54.